The van der Waals surface area contributed by atoms with E-state index in [-0.39, 0.29) is 11.9 Å². The van der Waals surface area contributed by atoms with Crippen LogP contribution in [0.15, 0.2) is 36.4 Å². The first-order valence-electron chi connectivity index (χ1n) is 8.97. The van der Waals surface area contributed by atoms with Crippen LogP contribution in [0, 0.1) is 17.2 Å². The molecule has 0 saturated carbocycles. The summed E-state index contributed by atoms with van der Waals surface area (Å²) in [6.07, 6.45) is 2.33. The Morgan fingerprint density at radius 2 is 2.04 bits per heavy atom. The Morgan fingerprint density at radius 3 is 2.77 bits per heavy atom. The maximum atomic E-state index is 12.7. The zero-order chi connectivity index (χ0) is 18.1. The number of carbonyl (C=O) groups excluding carboxylic acids is 1. The minimum absolute atomic E-state index is 0.0379. The fourth-order valence-electron chi connectivity index (χ4n) is 4.02. The third-order valence-corrected chi connectivity index (χ3v) is 6.46. The summed E-state index contributed by atoms with van der Waals surface area (Å²) in [5.41, 5.74) is 0.480. The molecule has 2 atom stereocenters. The van der Waals surface area contributed by atoms with Gasteiger partial charge in [-0.05, 0) is 63.0 Å². The summed E-state index contributed by atoms with van der Waals surface area (Å²) in [4.78, 5) is 15.8. The topological polar surface area (TPSA) is 65.4 Å². The van der Waals surface area contributed by atoms with Crippen molar-refractivity contribution in [3.05, 3.63) is 46.8 Å². The number of hydrogen-bond donors (Lipinski definition) is 1. The Bertz CT molecular complexity index is 847. The Morgan fingerprint density at radius 1 is 1.27 bits per heavy atom. The van der Waals surface area contributed by atoms with Crippen LogP contribution in [0.3, 0.4) is 0 Å². The molecule has 3 aliphatic heterocycles. The van der Waals surface area contributed by atoms with Gasteiger partial charge < -0.3 is 10.1 Å². The second kappa shape index (κ2) is 7.10. The second-order valence-electron chi connectivity index (χ2n) is 6.94. The molecule has 1 aromatic carbocycles. The van der Waals surface area contributed by atoms with Gasteiger partial charge in [0.1, 0.15) is 11.8 Å². The molecule has 26 heavy (non-hydrogen) atoms. The highest BCUT2D eigenvalue weighted by Crippen LogP contribution is 2.34. The van der Waals surface area contributed by atoms with Crippen LogP contribution in [0.5, 0.6) is 10.8 Å². The van der Waals surface area contributed by atoms with E-state index in [4.69, 9.17) is 10.00 Å². The van der Waals surface area contributed by atoms with Crippen LogP contribution >= 0.6 is 11.3 Å². The standard InChI is InChI=1S/C20H21N3O2S/c1-13-19(14-8-10-23(13)11-9-14)22-20(24)17-6-7-18(26-17)25-16-5-3-2-4-15(16)12-21/h2-7,13-14,19H,8-11H2,1H3,(H,22,24)/t13-,19-/m0/s1. The number of nitrogens with zero attached hydrogens (tertiary/aromatic N) is 2. The molecule has 3 saturated heterocycles. The van der Waals surface area contributed by atoms with Crippen LogP contribution in [0.25, 0.3) is 0 Å². The number of benzene rings is 1. The number of fused-ring (bicyclic) bond motifs is 3. The van der Waals surface area contributed by atoms with Crippen molar-refractivity contribution in [2.75, 3.05) is 13.1 Å². The van der Waals surface area contributed by atoms with Gasteiger partial charge in [0.05, 0.1) is 10.4 Å². The fourth-order valence-corrected chi connectivity index (χ4v) is 4.79. The minimum atomic E-state index is -0.0379. The van der Waals surface area contributed by atoms with Gasteiger partial charge in [0.2, 0.25) is 0 Å². The maximum absolute atomic E-state index is 12.7. The highest BCUT2D eigenvalue weighted by molar-refractivity contribution is 7.15. The highest BCUT2D eigenvalue weighted by atomic mass is 32.1. The second-order valence-corrected chi connectivity index (χ2v) is 7.99. The molecule has 4 heterocycles. The first kappa shape index (κ1) is 17.1. The van der Waals surface area contributed by atoms with Gasteiger partial charge in [-0.1, -0.05) is 23.5 Å². The van der Waals surface area contributed by atoms with Gasteiger partial charge >= 0.3 is 0 Å². The molecule has 1 aromatic heterocycles. The van der Waals surface area contributed by atoms with Crippen molar-refractivity contribution in [3.63, 3.8) is 0 Å². The van der Waals surface area contributed by atoms with Crippen molar-refractivity contribution >= 4 is 17.2 Å². The first-order valence-corrected chi connectivity index (χ1v) is 9.79. The van der Waals surface area contributed by atoms with Crippen LogP contribution in [0.2, 0.25) is 0 Å². The van der Waals surface area contributed by atoms with Gasteiger partial charge in [-0.2, -0.15) is 5.26 Å². The van der Waals surface area contributed by atoms with Crippen LogP contribution in [0.4, 0.5) is 0 Å². The Hall–Kier alpha value is -2.36. The number of nitrogens with one attached hydrogen (secondary N) is 1. The lowest BCUT2D eigenvalue weighted by molar-refractivity contribution is 0.0218. The van der Waals surface area contributed by atoms with Gasteiger partial charge in [0.15, 0.2) is 5.06 Å². The van der Waals surface area contributed by atoms with Crippen molar-refractivity contribution in [1.82, 2.24) is 10.2 Å². The molecule has 1 amide bonds. The van der Waals surface area contributed by atoms with Crippen molar-refractivity contribution in [2.24, 2.45) is 5.92 Å². The quantitative estimate of drug-likeness (QED) is 0.896. The Balaban J connectivity index is 1.44. The first-order chi connectivity index (χ1) is 12.7. The van der Waals surface area contributed by atoms with Gasteiger partial charge in [0.25, 0.3) is 5.91 Å². The maximum Gasteiger partial charge on any atom is 0.261 e. The molecule has 2 bridgehead atoms. The van der Waals surface area contributed by atoms with Crippen LogP contribution in [-0.4, -0.2) is 36.0 Å². The molecule has 0 radical (unpaired) electrons. The molecule has 0 spiro atoms. The van der Waals surface area contributed by atoms with Gasteiger partial charge in [-0.25, -0.2) is 0 Å². The minimum Gasteiger partial charge on any atom is -0.445 e. The zero-order valence-corrected chi connectivity index (χ0v) is 15.5. The van der Waals surface area contributed by atoms with Crippen LogP contribution in [0.1, 0.15) is 35.0 Å². The normalized spacial score (nSPS) is 26.9. The lowest BCUT2D eigenvalue weighted by Crippen LogP contribution is -2.62. The average molecular weight is 367 g/mol. The third-order valence-electron chi connectivity index (χ3n) is 5.50. The van der Waals surface area contributed by atoms with Crippen molar-refractivity contribution in [2.45, 2.75) is 31.8 Å². The SMILES string of the molecule is C[C@H]1[C@H](NC(=O)c2ccc(Oc3ccccc3C#N)s2)C2CCN1CC2. The lowest BCUT2D eigenvalue weighted by atomic mass is 9.79. The predicted molar refractivity (Wildman–Crippen MR) is 101 cm³/mol. The number of thiophene rings is 1. The molecule has 2 aromatic rings. The van der Waals surface area contributed by atoms with E-state index >= 15 is 0 Å². The average Bonchev–Trinajstić information content (AvgIpc) is 3.14. The molecule has 5 nitrogen and oxygen atoms in total. The Kier molecular flexibility index (Phi) is 4.66. The predicted octanol–water partition coefficient (Wildman–Crippen LogP) is 3.62. The number of rotatable bonds is 4. The molecule has 134 valence electrons. The van der Waals surface area contributed by atoms with E-state index in [1.54, 1.807) is 30.3 Å². The molecular weight excluding hydrogens is 346 g/mol. The van der Waals surface area contributed by atoms with E-state index in [0.29, 0.717) is 33.2 Å². The molecule has 3 fully saturated rings. The number of nitriles is 1. The van der Waals surface area contributed by atoms with Gasteiger partial charge in [-0.15, -0.1) is 0 Å². The molecule has 6 heteroatoms. The molecule has 1 N–H and O–H groups in total. The third kappa shape index (κ3) is 3.20. The monoisotopic (exact) mass is 367 g/mol. The van der Waals surface area contributed by atoms with E-state index in [0.717, 1.165) is 13.1 Å². The number of para-hydroxylation sites is 1. The summed E-state index contributed by atoms with van der Waals surface area (Å²) >= 11 is 1.31. The molecule has 0 aliphatic carbocycles. The van der Waals surface area contributed by atoms with Gasteiger partial charge in [0, 0.05) is 12.1 Å². The van der Waals surface area contributed by atoms with E-state index in [1.165, 1.54) is 24.2 Å². The van der Waals surface area contributed by atoms with Crippen molar-refractivity contribution < 1.29 is 9.53 Å². The van der Waals surface area contributed by atoms with E-state index in [9.17, 15) is 4.79 Å². The summed E-state index contributed by atoms with van der Waals surface area (Å²) in [6.45, 7) is 4.50. The number of amides is 1. The molecular formula is C20H21N3O2S. The van der Waals surface area contributed by atoms with E-state index in [1.807, 2.05) is 6.07 Å². The number of hydrogen-bond acceptors (Lipinski definition) is 5. The molecule has 0 unspecified atom stereocenters. The van der Waals surface area contributed by atoms with Crippen molar-refractivity contribution in [1.29, 1.82) is 5.26 Å². The summed E-state index contributed by atoms with van der Waals surface area (Å²) in [5, 5.41) is 13.0. The van der Waals surface area contributed by atoms with E-state index in [2.05, 4.69) is 23.2 Å². The summed E-state index contributed by atoms with van der Waals surface area (Å²) < 4.78 is 5.80. The van der Waals surface area contributed by atoms with Crippen LogP contribution < -0.4 is 10.1 Å². The number of carbonyl (C=O) groups is 1. The van der Waals surface area contributed by atoms with E-state index < -0.39 is 0 Å². The fraction of sp³-hybridized carbons (Fsp3) is 0.400. The van der Waals surface area contributed by atoms with Crippen LogP contribution in [-0.2, 0) is 0 Å². The Labute approximate surface area is 157 Å². The number of ether oxygens (including phenoxy) is 1. The smallest absolute Gasteiger partial charge is 0.261 e. The molecule has 3 aliphatic rings. The number of piperidine rings is 3. The summed E-state index contributed by atoms with van der Waals surface area (Å²) in [7, 11) is 0. The largest absolute Gasteiger partial charge is 0.445 e. The van der Waals surface area contributed by atoms with Gasteiger partial charge in [-0.3, -0.25) is 9.69 Å². The summed E-state index contributed by atoms with van der Waals surface area (Å²) in [5.74, 6) is 1.05. The highest BCUT2D eigenvalue weighted by Gasteiger charge is 2.40. The summed E-state index contributed by atoms with van der Waals surface area (Å²) in [6, 6.07) is 13.4. The van der Waals surface area contributed by atoms with Crippen molar-refractivity contribution in [3.8, 4) is 16.9 Å². The molecule has 5 rings (SSSR count). The lowest BCUT2D eigenvalue weighted by Gasteiger charge is -2.49. The zero-order valence-electron chi connectivity index (χ0n) is 14.6.